The number of para-hydroxylation sites is 4. The zero-order valence-corrected chi connectivity index (χ0v) is 25.8. The van der Waals surface area contributed by atoms with Gasteiger partial charge < -0.3 is 4.57 Å². The monoisotopic (exact) mass is 613 g/mol. The van der Waals surface area contributed by atoms with Gasteiger partial charge in [0.05, 0.1) is 33.3 Å². The van der Waals surface area contributed by atoms with Gasteiger partial charge >= 0.3 is 0 Å². The van der Waals surface area contributed by atoms with Gasteiger partial charge in [-0.05, 0) is 54.6 Å². The lowest BCUT2D eigenvalue weighted by Gasteiger charge is -2.11. The second kappa shape index (κ2) is 10.5. The summed E-state index contributed by atoms with van der Waals surface area (Å²) in [7, 11) is 0. The molecule has 224 valence electrons. The molecule has 0 amide bonds. The van der Waals surface area contributed by atoms with E-state index in [1.54, 1.807) is 0 Å². The van der Waals surface area contributed by atoms with Crippen LogP contribution < -0.4 is 0 Å². The van der Waals surface area contributed by atoms with E-state index in [2.05, 4.69) is 130 Å². The van der Waals surface area contributed by atoms with Crippen LogP contribution in [0.4, 0.5) is 0 Å². The molecule has 4 heterocycles. The number of aromatic nitrogens is 5. The molecule has 0 radical (unpaired) electrons. The van der Waals surface area contributed by atoms with Gasteiger partial charge in [0, 0.05) is 38.2 Å². The molecule has 0 bridgehead atoms. The van der Waals surface area contributed by atoms with Crippen LogP contribution in [-0.2, 0) is 0 Å². The van der Waals surface area contributed by atoms with Crippen molar-refractivity contribution in [1.29, 1.82) is 0 Å². The Morgan fingerprint density at radius 2 is 0.958 bits per heavy atom. The fraction of sp³-hybridized carbons (Fsp3) is 0. The lowest BCUT2D eigenvalue weighted by molar-refractivity contribution is 1.07. The molecular weight excluding hydrogens is 587 g/mol. The quantitative estimate of drug-likeness (QED) is 0.198. The van der Waals surface area contributed by atoms with Crippen molar-refractivity contribution in [3.05, 3.63) is 164 Å². The van der Waals surface area contributed by atoms with Crippen LogP contribution in [-0.4, -0.2) is 24.1 Å². The average molecular weight is 614 g/mol. The highest BCUT2D eigenvalue weighted by Gasteiger charge is 2.21. The topological polar surface area (TPSA) is 48.5 Å². The van der Waals surface area contributed by atoms with E-state index in [4.69, 9.17) is 15.0 Å². The van der Waals surface area contributed by atoms with Gasteiger partial charge in [0.2, 0.25) is 0 Å². The molecule has 48 heavy (non-hydrogen) atoms. The molecule has 5 nitrogen and oxygen atoms in total. The molecule has 10 aromatic rings. The molecule has 0 spiro atoms. The van der Waals surface area contributed by atoms with E-state index in [0.29, 0.717) is 5.82 Å². The van der Waals surface area contributed by atoms with Crippen LogP contribution in [0, 0.1) is 0 Å². The number of rotatable bonds is 4. The van der Waals surface area contributed by atoms with Crippen molar-refractivity contribution >= 4 is 54.5 Å². The maximum Gasteiger partial charge on any atom is 0.179 e. The average Bonchev–Trinajstić information content (AvgIpc) is 3.68. The number of hydrogen-bond donors (Lipinski definition) is 0. The van der Waals surface area contributed by atoms with Gasteiger partial charge in [0.25, 0.3) is 0 Å². The first-order chi connectivity index (χ1) is 23.8. The fourth-order valence-corrected chi connectivity index (χ4v) is 7.30. The second-order valence-electron chi connectivity index (χ2n) is 12.1. The van der Waals surface area contributed by atoms with Gasteiger partial charge in [-0.1, -0.05) is 109 Å². The molecule has 0 aliphatic carbocycles. The second-order valence-corrected chi connectivity index (χ2v) is 12.1. The zero-order chi connectivity index (χ0) is 31.6. The van der Waals surface area contributed by atoms with Crippen LogP contribution in [0.3, 0.4) is 0 Å². The Morgan fingerprint density at radius 1 is 0.375 bits per heavy atom. The Morgan fingerprint density at radius 3 is 1.69 bits per heavy atom. The van der Waals surface area contributed by atoms with Gasteiger partial charge in [0.15, 0.2) is 5.82 Å². The smallest absolute Gasteiger partial charge is 0.179 e. The summed E-state index contributed by atoms with van der Waals surface area (Å²) in [4.78, 5) is 15.4. The van der Waals surface area contributed by atoms with E-state index in [9.17, 15) is 0 Å². The zero-order valence-electron chi connectivity index (χ0n) is 25.8. The van der Waals surface area contributed by atoms with Crippen molar-refractivity contribution in [3.63, 3.8) is 0 Å². The summed E-state index contributed by atoms with van der Waals surface area (Å²) < 4.78 is 4.65. The minimum Gasteiger partial charge on any atom is -0.309 e. The molecule has 0 fully saturated rings. The maximum atomic E-state index is 5.26. The summed E-state index contributed by atoms with van der Waals surface area (Å²) in [6, 6.07) is 57.1. The molecule has 0 atom stereocenters. The highest BCUT2D eigenvalue weighted by molar-refractivity contribution is 6.28. The van der Waals surface area contributed by atoms with Gasteiger partial charge in [-0.15, -0.1) is 0 Å². The summed E-state index contributed by atoms with van der Waals surface area (Å²) in [5.41, 5.74) is 9.28. The highest BCUT2D eigenvalue weighted by atomic mass is 15.1. The minimum atomic E-state index is 0.600. The molecule has 0 N–H and O–H groups in total. The van der Waals surface area contributed by atoms with Gasteiger partial charge in [-0.3, -0.25) is 4.57 Å². The van der Waals surface area contributed by atoms with Crippen LogP contribution in [0.2, 0.25) is 0 Å². The fourth-order valence-electron chi connectivity index (χ4n) is 7.30. The third-order valence-corrected chi connectivity index (χ3v) is 9.33. The van der Waals surface area contributed by atoms with Crippen molar-refractivity contribution in [3.8, 4) is 34.3 Å². The van der Waals surface area contributed by atoms with E-state index in [-0.39, 0.29) is 0 Å². The van der Waals surface area contributed by atoms with Gasteiger partial charge in [-0.2, -0.15) is 0 Å². The van der Waals surface area contributed by atoms with Crippen LogP contribution in [0.25, 0.3) is 88.8 Å². The first-order valence-electron chi connectivity index (χ1n) is 16.1. The summed E-state index contributed by atoms with van der Waals surface area (Å²) in [6.07, 6.45) is 0. The van der Waals surface area contributed by atoms with E-state index >= 15 is 0 Å². The molecule has 0 saturated heterocycles. The largest absolute Gasteiger partial charge is 0.309 e. The number of pyridine rings is 1. The molecule has 0 aliphatic rings. The van der Waals surface area contributed by atoms with Gasteiger partial charge in [0.1, 0.15) is 11.5 Å². The predicted molar refractivity (Wildman–Crippen MR) is 197 cm³/mol. The first-order valence-corrected chi connectivity index (χ1v) is 16.1. The van der Waals surface area contributed by atoms with Gasteiger partial charge in [-0.25, -0.2) is 15.0 Å². The van der Waals surface area contributed by atoms with Crippen molar-refractivity contribution in [1.82, 2.24) is 24.1 Å². The molecule has 4 aromatic heterocycles. The number of nitrogens with zero attached hydrogens (tertiary/aromatic N) is 5. The van der Waals surface area contributed by atoms with Crippen molar-refractivity contribution in [2.75, 3.05) is 0 Å². The number of hydrogen-bond acceptors (Lipinski definition) is 3. The highest BCUT2D eigenvalue weighted by Crippen LogP contribution is 2.42. The minimum absolute atomic E-state index is 0.600. The number of benzene rings is 6. The van der Waals surface area contributed by atoms with E-state index < -0.39 is 0 Å². The predicted octanol–water partition coefficient (Wildman–Crippen LogP) is 10.6. The van der Waals surface area contributed by atoms with Crippen molar-refractivity contribution in [2.24, 2.45) is 0 Å². The molecule has 5 heteroatoms. The Labute approximate surface area is 276 Å². The van der Waals surface area contributed by atoms with Crippen LogP contribution >= 0.6 is 0 Å². The summed E-state index contributed by atoms with van der Waals surface area (Å²) in [5.74, 6) is 1.42. The Hall–Kier alpha value is -6.59. The van der Waals surface area contributed by atoms with Crippen LogP contribution in [0.5, 0.6) is 0 Å². The van der Waals surface area contributed by atoms with E-state index in [1.165, 1.54) is 32.6 Å². The summed E-state index contributed by atoms with van der Waals surface area (Å²) in [6.45, 7) is 0. The molecular formula is C43H27N5. The van der Waals surface area contributed by atoms with Crippen molar-refractivity contribution in [2.45, 2.75) is 0 Å². The van der Waals surface area contributed by atoms with Crippen LogP contribution in [0.1, 0.15) is 0 Å². The first kappa shape index (κ1) is 26.6. The summed E-state index contributed by atoms with van der Waals surface area (Å²) in [5, 5.41) is 5.89. The SMILES string of the molecule is c1ccc(-c2nc(-c3cccc(-n4c5ccccc5c5c6c7ccccc7n(-c7ccccc7)c6ccc54)n3)nc3ccccc23)cc1. The lowest BCUT2D eigenvalue weighted by atomic mass is 10.1. The standard InChI is InChI=1S/C43H27N5/c1-3-14-28(15-4-1)42-30-18-7-10-21-33(30)45-43(46-42)34-22-13-25-39(44-34)48-36-24-12-9-20-32(36)41-38(48)27-26-37-40(41)31-19-8-11-23-35(31)47(37)29-16-5-2-6-17-29/h1-27H. The van der Waals surface area contributed by atoms with E-state index in [1.807, 2.05) is 42.5 Å². The molecule has 6 aromatic carbocycles. The Balaban J connectivity index is 1.24. The Kier molecular flexibility index (Phi) is 5.81. The molecule has 0 aliphatic heterocycles. The molecule has 0 unspecified atom stereocenters. The molecule has 0 saturated carbocycles. The third kappa shape index (κ3) is 3.94. The normalized spacial score (nSPS) is 11.8. The van der Waals surface area contributed by atoms with Crippen molar-refractivity contribution < 1.29 is 0 Å². The summed E-state index contributed by atoms with van der Waals surface area (Å²) >= 11 is 0. The Bertz CT molecular complexity index is 2830. The van der Waals surface area contributed by atoms with E-state index in [0.717, 1.165) is 50.4 Å². The lowest BCUT2D eigenvalue weighted by Crippen LogP contribution is -2.01. The number of fused-ring (bicyclic) bond motifs is 8. The third-order valence-electron chi connectivity index (χ3n) is 9.33. The maximum absolute atomic E-state index is 5.26. The van der Waals surface area contributed by atoms with Crippen LogP contribution in [0.15, 0.2) is 164 Å². The molecule has 10 rings (SSSR count).